The molecule has 0 saturated heterocycles. The number of primary sulfonamides is 1. The Labute approximate surface area is 118 Å². The minimum absolute atomic E-state index is 0.187. The summed E-state index contributed by atoms with van der Waals surface area (Å²) in [6, 6.07) is 0. The van der Waals surface area contributed by atoms with Crippen molar-refractivity contribution in [1.82, 2.24) is 15.5 Å². The highest BCUT2D eigenvalue weighted by atomic mass is 32.2. The predicted molar refractivity (Wildman–Crippen MR) is 72.8 cm³/mol. The molecule has 8 nitrogen and oxygen atoms in total. The highest BCUT2D eigenvalue weighted by molar-refractivity contribution is 7.89. The Morgan fingerprint density at radius 2 is 2.20 bits per heavy atom. The van der Waals surface area contributed by atoms with Gasteiger partial charge in [-0.05, 0) is 12.8 Å². The van der Waals surface area contributed by atoms with Crippen LogP contribution < -0.4 is 10.5 Å². The van der Waals surface area contributed by atoms with Gasteiger partial charge >= 0.3 is 0 Å². The van der Waals surface area contributed by atoms with Crippen LogP contribution in [0.4, 0.5) is 0 Å². The number of ether oxygens (including phenoxy) is 1. The number of nitrogens with one attached hydrogen (secondary N) is 2. The van der Waals surface area contributed by atoms with Gasteiger partial charge in [0.05, 0.1) is 5.69 Å². The minimum atomic E-state index is -4.00. The third-order valence-corrected chi connectivity index (χ3v) is 3.61. The number of hydrogen-bond acceptors (Lipinski definition) is 5. The fraction of sp³-hybridized carbons (Fsp3) is 0.636. The first kappa shape index (κ1) is 16.6. The minimum Gasteiger partial charge on any atom is -0.385 e. The van der Waals surface area contributed by atoms with Gasteiger partial charge in [0.15, 0.2) is 5.69 Å². The lowest BCUT2D eigenvalue weighted by Crippen LogP contribution is -2.28. The number of H-pyrrole nitrogens is 1. The second kappa shape index (κ2) is 7.36. The zero-order valence-electron chi connectivity index (χ0n) is 11.6. The molecule has 0 aliphatic carbocycles. The zero-order valence-corrected chi connectivity index (χ0v) is 12.4. The highest BCUT2D eigenvalue weighted by Crippen LogP contribution is 2.18. The number of carbonyl (C=O) groups excluding carboxylic acids is 1. The van der Waals surface area contributed by atoms with Crippen molar-refractivity contribution in [3.63, 3.8) is 0 Å². The van der Waals surface area contributed by atoms with Gasteiger partial charge in [-0.2, -0.15) is 5.10 Å². The molecular weight excluding hydrogens is 284 g/mol. The van der Waals surface area contributed by atoms with Crippen LogP contribution in [-0.4, -0.2) is 44.8 Å². The van der Waals surface area contributed by atoms with E-state index in [4.69, 9.17) is 9.88 Å². The van der Waals surface area contributed by atoms with Crippen molar-refractivity contribution in [2.24, 2.45) is 5.14 Å². The first-order valence-electron chi connectivity index (χ1n) is 6.29. The Morgan fingerprint density at radius 3 is 2.75 bits per heavy atom. The summed E-state index contributed by atoms with van der Waals surface area (Å²) in [5.41, 5.74) is 0.172. The van der Waals surface area contributed by atoms with Crippen LogP contribution in [0, 0.1) is 0 Å². The topological polar surface area (TPSA) is 127 Å². The Balaban J connectivity index is 2.92. The first-order chi connectivity index (χ1) is 9.41. The van der Waals surface area contributed by atoms with Gasteiger partial charge in [-0.3, -0.25) is 9.89 Å². The molecule has 0 spiro atoms. The van der Waals surface area contributed by atoms with Gasteiger partial charge in [0.1, 0.15) is 4.90 Å². The number of nitrogens with two attached hydrogens (primary N) is 1. The lowest BCUT2D eigenvalue weighted by atomic mass is 10.2. The van der Waals surface area contributed by atoms with E-state index >= 15 is 0 Å². The maximum Gasteiger partial charge on any atom is 0.273 e. The molecule has 0 saturated carbocycles. The average Bonchev–Trinajstić information content (AvgIpc) is 2.78. The summed E-state index contributed by atoms with van der Waals surface area (Å²) in [5.74, 6) is -0.566. The maximum atomic E-state index is 11.9. The summed E-state index contributed by atoms with van der Waals surface area (Å²) in [6.45, 7) is 2.76. The van der Waals surface area contributed by atoms with Crippen LogP contribution in [0.15, 0.2) is 4.90 Å². The molecule has 1 aromatic rings. The van der Waals surface area contributed by atoms with Gasteiger partial charge in [-0.15, -0.1) is 0 Å². The second-order valence-electron chi connectivity index (χ2n) is 4.28. The number of hydrogen-bond donors (Lipinski definition) is 3. The number of methoxy groups -OCH3 is 1. The standard InChI is InChI=1S/C11H20N4O4S/c1-3-5-8-10(20(12,17)18)9(15-14-8)11(16)13-6-4-7-19-2/h3-7H2,1-2H3,(H,13,16)(H,14,15)(H2,12,17,18). The van der Waals surface area contributed by atoms with Crippen molar-refractivity contribution >= 4 is 15.9 Å². The van der Waals surface area contributed by atoms with Crippen molar-refractivity contribution < 1.29 is 17.9 Å². The van der Waals surface area contributed by atoms with Crippen LogP contribution >= 0.6 is 0 Å². The van der Waals surface area contributed by atoms with Crippen molar-refractivity contribution in [2.45, 2.75) is 31.1 Å². The third-order valence-electron chi connectivity index (χ3n) is 2.60. The molecule has 0 radical (unpaired) electrons. The molecule has 0 unspecified atom stereocenters. The molecule has 0 atom stereocenters. The van der Waals surface area contributed by atoms with Gasteiger partial charge in [0, 0.05) is 20.3 Å². The van der Waals surface area contributed by atoms with E-state index in [0.29, 0.717) is 38.1 Å². The molecule has 0 aliphatic heterocycles. The molecule has 1 heterocycles. The van der Waals surface area contributed by atoms with Crippen LogP contribution in [0.25, 0.3) is 0 Å². The van der Waals surface area contributed by atoms with Gasteiger partial charge in [-0.25, -0.2) is 13.6 Å². The SMILES string of the molecule is CCCc1[nH]nc(C(=O)NCCCOC)c1S(N)(=O)=O. The largest absolute Gasteiger partial charge is 0.385 e. The fourth-order valence-electron chi connectivity index (χ4n) is 1.75. The van der Waals surface area contributed by atoms with Crippen LogP contribution in [0.2, 0.25) is 0 Å². The highest BCUT2D eigenvalue weighted by Gasteiger charge is 2.26. The number of carbonyl (C=O) groups is 1. The molecule has 4 N–H and O–H groups in total. The van der Waals surface area contributed by atoms with Crippen molar-refractivity contribution in [3.8, 4) is 0 Å². The van der Waals surface area contributed by atoms with E-state index in [1.165, 1.54) is 0 Å². The third kappa shape index (κ3) is 4.29. The lowest BCUT2D eigenvalue weighted by molar-refractivity contribution is 0.0940. The molecule has 114 valence electrons. The molecule has 1 rings (SSSR count). The smallest absolute Gasteiger partial charge is 0.273 e. The zero-order chi connectivity index (χ0) is 15.2. The van der Waals surface area contributed by atoms with Crippen molar-refractivity contribution in [1.29, 1.82) is 0 Å². The van der Waals surface area contributed by atoms with Crippen LogP contribution in [0.3, 0.4) is 0 Å². The second-order valence-corrected chi connectivity index (χ2v) is 5.78. The molecule has 0 fully saturated rings. The molecule has 1 aromatic heterocycles. The molecule has 0 aromatic carbocycles. The number of nitrogens with zero attached hydrogens (tertiary/aromatic N) is 1. The quantitative estimate of drug-likeness (QED) is 0.572. The summed E-state index contributed by atoms with van der Waals surface area (Å²) in [7, 11) is -2.44. The Morgan fingerprint density at radius 1 is 1.50 bits per heavy atom. The fourth-order valence-corrected chi connectivity index (χ4v) is 2.65. The monoisotopic (exact) mass is 304 g/mol. The summed E-state index contributed by atoms with van der Waals surface area (Å²) in [5, 5.41) is 14.1. The van der Waals surface area contributed by atoms with E-state index in [1.807, 2.05) is 6.92 Å². The molecule has 0 bridgehead atoms. The number of rotatable bonds is 8. The normalized spacial score (nSPS) is 11.6. The lowest BCUT2D eigenvalue weighted by Gasteiger charge is -2.05. The average molecular weight is 304 g/mol. The number of aromatic amines is 1. The van der Waals surface area contributed by atoms with Crippen LogP contribution in [-0.2, 0) is 21.2 Å². The van der Waals surface area contributed by atoms with Gasteiger partial charge in [0.2, 0.25) is 10.0 Å². The predicted octanol–water partition coefficient (Wildman–Crippen LogP) is -0.224. The van der Waals surface area contributed by atoms with Crippen molar-refractivity contribution in [2.75, 3.05) is 20.3 Å². The van der Waals surface area contributed by atoms with E-state index in [0.717, 1.165) is 0 Å². The Hall–Kier alpha value is -1.45. The molecule has 1 amide bonds. The maximum absolute atomic E-state index is 11.9. The Bertz CT molecular complexity index is 553. The summed E-state index contributed by atoms with van der Waals surface area (Å²) >= 11 is 0. The van der Waals surface area contributed by atoms with E-state index in [9.17, 15) is 13.2 Å². The van der Waals surface area contributed by atoms with E-state index < -0.39 is 15.9 Å². The molecule has 0 aliphatic rings. The van der Waals surface area contributed by atoms with Crippen LogP contribution in [0.1, 0.15) is 35.9 Å². The molecule has 9 heteroatoms. The number of sulfonamides is 1. The van der Waals surface area contributed by atoms with Gasteiger partial charge < -0.3 is 10.1 Å². The summed E-state index contributed by atoms with van der Waals surface area (Å²) in [6.07, 6.45) is 1.79. The van der Waals surface area contributed by atoms with E-state index in [2.05, 4.69) is 15.5 Å². The van der Waals surface area contributed by atoms with Crippen molar-refractivity contribution in [3.05, 3.63) is 11.4 Å². The Kier molecular flexibility index (Phi) is 6.11. The number of amides is 1. The number of aryl methyl sites for hydroxylation is 1. The summed E-state index contributed by atoms with van der Waals surface area (Å²) < 4.78 is 28.1. The van der Waals surface area contributed by atoms with E-state index in [1.54, 1.807) is 7.11 Å². The molecular formula is C11H20N4O4S. The number of aromatic nitrogens is 2. The summed E-state index contributed by atoms with van der Waals surface area (Å²) in [4.78, 5) is 11.7. The first-order valence-corrected chi connectivity index (χ1v) is 7.83. The molecule has 20 heavy (non-hydrogen) atoms. The van der Waals surface area contributed by atoms with E-state index in [-0.39, 0.29) is 10.6 Å². The van der Waals surface area contributed by atoms with Crippen LogP contribution in [0.5, 0.6) is 0 Å². The van der Waals surface area contributed by atoms with Gasteiger partial charge in [-0.1, -0.05) is 13.3 Å². The van der Waals surface area contributed by atoms with Gasteiger partial charge in [0.25, 0.3) is 5.91 Å².